The van der Waals surface area contributed by atoms with Crippen LogP contribution in [0.3, 0.4) is 0 Å². The Labute approximate surface area is 93.5 Å². The van der Waals surface area contributed by atoms with Crippen LogP contribution in [0, 0.1) is 0 Å². The lowest BCUT2D eigenvalue weighted by Crippen LogP contribution is -2.09. The van der Waals surface area contributed by atoms with E-state index >= 15 is 0 Å². The van der Waals surface area contributed by atoms with Crippen molar-refractivity contribution >= 4 is 21.9 Å². The molecule has 0 saturated carbocycles. The number of carbonyl (C=O) groups is 1. The minimum Gasteiger partial charge on any atom is -0.475 e. The van der Waals surface area contributed by atoms with Gasteiger partial charge in [0.25, 0.3) is 0 Å². The summed E-state index contributed by atoms with van der Waals surface area (Å²) in [5, 5.41) is 8.88. The Balaban J connectivity index is 2.59. The molecule has 6 heteroatoms. The van der Waals surface area contributed by atoms with Crippen LogP contribution < -0.4 is 0 Å². The van der Waals surface area contributed by atoms with Crippen LogP contribution >= 0.6 is 15.9 Å². The topological polar surface area (TPSA) is 68.0 Å². The number of hydrogen-bond acceptors (Lipinski definition) is 3. The molecular formula is C9H6BrN3O2. The molecule has 0 unspecified atom stereocenters. The number of aromatic nitrogens is 3. The Kier molecular flexibility index (Phi) is 2.51. The summed E-state index contributed by atoms with van der Waals surface area (Å²) < 4.78 is 2.12. The minimum absolute atomic E-state index is 0.0607. The number of pyridine rings is 1. The first kappa shape index (κ1) is 9.85. The van der Waals surface area contributed by atoms with Crippen molar-refractivity contribution in [1.82, 2.24) is 14.5 Å². The number of imidazole rings is 1. The van der Waals surface area contributed by atoms with Crippen LogP contribution in [0.1, 0.15) is 10.6 Å². The normalized spacial score (nSPS) is 10.2. The van der Waals surface area contributed by atoms with Crippen LogP contribution in [0.2, 0.25) is 0 Å². The molecule has 5 nitrogen and oxygen atoms in total. The van der Waals surface area contributed by atoms with Gasteiger partial charge in [0.05, 0.1) is 4.47 Å². The predicted octanol–water partition coefficient (Wildman–Crippen LogP) is 1.73. The smallest absolute Gasteiger partial charge is 0.372 e. The molecule has 0 aliphatic rings. The van der Waals surface area contributed by atoms with Gasteiger partial charge in [0.1, 0.15) is 0 Å². The number of hydrogen-bond donors (Lipinski definition) is 1. The number of rotatable bonds is 2. The van der Waals surface area contributed by atoms with E-state index in [2.05, 4.69) is 25.9 Å². The molecule has 2 rings (SSSR count). The molecule has 2 aromatic heterocycles. The highest BCUT2D eigenvalue weighted by Gasteiger charge is 2.14. The fourth-order valence-electron chi connectivity index (χ4n) is 1.19. The maximum atomic E-state index is 10.8. The van der Waals surface area contributed by atoms with Gasteiger partial charge in [0, 0.05) is 18.6 Å². The van der Waals surface area contributed by atoms with Gasteiger partial charge in [0.2, 0.25) is 5.82 Å². The molecule has 2 heterocycles. The second kappa shape index (κ2) is 3.82. The second-order valence-corrected chi connectivity index (χ2v) is 3.59. The molecule has 1 N–H and O–H groups in total. The monoisotopic (exact) mass is 267 g/mol. The van der Waals surface area contributed by atoms with E-state index < -0.39 is 5.97 Å². The van der Waals surface area contributed by atoms with Crippen molar-refractivity contribution in [2.24, 2.45) is 0 Å². The highest BCUT2D eigenvalue weighted by Crippen LogP contribution is 2.18. The molecule has 2 aromatic rings. The van der Waals surface area contributed by atoms with E-state index in [-0.39, 0.29) is 5.82 Å². The second-order valence-electron chi connectivity index (χ2n) is 2.73. The van der Waals surface area contributed by atoms with Gasteiger partial charge >= 0.3 is 5.97 Å². The largest absolute Gasteiger partial charge is 0.475 e. The van der Waals surface area contributed by atoms with Crippen molar-refractivity contribution in [1.29, 1.82) is 0 Å². The van der Waals surface area contributed by atoms with Gasteiger partial charge in [0.15, 0.2) is 5.82 Å². The number of carboxylic acid groups (broad SMARTS) is 1. The SMILES string of the molecule is O=C(O)c1nccn1-c1ncccc1Br. The van der Waals surface area contributed by atoms with Crippen molar-refractivity contribution in [3.63, 3.8) is 0 Å². The van der Waals surface area contributed by atoms with E-state index in [0.29, 0.717) is 10.3 Å². The number of carboxylic acids is 1. The zero-order valence-corrected chi connectivity index (χ0v) is 9.05. The van der Waals surface area contributed by atoms with Crippen LogP contribution in [-0.4, -0.2) is 25.6 Å². The lowest BCUT2D eigenvalue weighted by molar-refractivity contribution is 0.0681. The van der Waals surface area contributed by atoms with Crippen LogP contribution in [0.25, 0.3) is 5.82 Å². The van der Waals surface area contributed by atoms with E-state index in [1.54, 1.807) is 24.5 Å². The molecule has 0 aromatic carbocycles. The molecular weight excluding hydrogens is 262 g/mol. The summed E-state index contributed by atoms with van der Waals surface area (Å²) in [6.45, 7) is 0. The zero-order valence-electron chi connectivity index (χ0n) is 7.46. The van der Waals surface area contributed by atoms with E-state index in [9.17, 15) is 4.79 Å². The van der Waals surface area contributed by atoms with Gasteiger partial charge in [-0.2, -0.15) is 0 Å². The average Bonchev–Trinajstić information content (AvgIpc) is 2.67. The standard InChI is InChI=1S/C9H6BrN3O2/c10-6-2-1-3-11-7(6)13-5-4-12-8(13)9(14)15/h1-5H,(H,14,15). The van der Waals surface area contributed by atoms with Crippen LogP contribution in [-0.2, 0) is 0 Å². The summed E-state index contributed by atoms with van der Waals surface area (Å²) in [6, 6.07) is 3.54. The van der Waals surface area contributed by atoms with Gasteiger partial charge in [-0.3, -0.25) is 4.57 Å². The first-order chi connectivity index (χ1) is 7.20. The number of aromatic carboxylic acids is 1. The zero-order chi connectivity index (χ0) is 10.8. The summed E-state index contributed by atoms with van der Waals surface area (Å²) in [5.74, 6) is -0.639. The lowest BCUT2D eigenvalue weighted by atomic mass is 10.4. The molecule has 0 aliphatic heterocycles. The van der Waals surface area contributed by atoms with Crippen molar-refractivity contribution in [3.8, 4) is 5.82 Å². The van der Waals surface area contributed by atoms with E-state index in [1.165, 1.54) is 10.8 Å². The van der Waals surface area contributed by atoms with Gasteiger partial charge in [-0.15, -0.1) is 0 Å². The Morgan fingerprint density at radius 3 is 2.87 bits per heavy atom. The molecule has 0 amide bonds. The predicted molar refractivity (Wildman–Crippen MR) is 56.0 cm³/mol. The van der Waals surface area contributed by atoms with Crippen molar-refractivity contribution in [2.75, 3.05) is 0 Å². The minimum atomic E-state index is -1.09. The first-order valence-corrected chi connectivity index (χ1v) is 4.87. The molecule has 0 aliphatic carbocycles. The summed E-state index contributed by atoms with van der Waals surface area (Å²) in [7, 11) is 0. The number of nitrogens with zero attached hydrogens (tertiary/aromatic N) is 3. The molecule has 0 saturated heterocycles. The Morgan fingerprint density at radius 1 is 1.40 bits per heavy atom. The molecule has 0 bridgehead atoms. The first-order valence-electron chi connectivity index (χ1n) is 4.07. The third-order valence-electron chi connectivity index (χ3n) is 1.80. The van der Waals surface area contributed by atoms with Crippen molar-refractivity contribution < 1.29 is 9.90 Å². The summed E-state index contributed by atoms with van der Waals surface area (Å²) in [6.07, 6.45) is 4.56. The van der Waals surface area contributed by atoms with Crippen LogP contribution in [0.15, 0.2) is 35.2 Å². The summed E-state index contributed by atoms with van der Waals surface area (Å²) in [4.78, 5) is 18.7. The summed E-state index contributed by atoms with van der Waals surface area (Å²) >= 11 is 3.30. The quantitative estimate of drug-likeness (QED) is 0.900. The molecule has 0 fully saturated rings. The van der Waals surface area contributed by atoms with Crippen LogP contribution in [0.4, 0.5) is 0 Å². The molecule has 15 heavy (non-hydrogen) atoms. The molecule has 0 radical (unpaired) electrons. The summed E-state index contributed by atoms with van der Waals surface area (Å²) in [5.41, 5.74) is 0. The molecule has 0 atom stereocenters. The maximum Gasteiger partial charge on any atom is 0.372 e. The average molecular weight is 268 g/mol. The fraction of sp³-hybridized carbons (Fsp3) is 0. The van der Waals surface area contributed by atoms with E-state index in [4.69, 9.17) is 5.11 Å². The van der Waals surface area contributed by atoms with E-state index in [0.717, 1.165) is 0 Å². The Bertz CT molecular complexity index is 510. The van der Waals surface area contributed by atoms with Gasteiger partial charge in [-0.05, 0) is 28.1 Å². The highest BCUT2D eigenvalue weighted by molar-refractivity contribution is 9.10. The van der Waals surface area contributed by atoms with Crippen molar-refractivity contribution in [2.45, 2.75) is 0 Å². The number of halogens is 1. The van der Waals surface area contributed by atoms with Crippen molar-refractivity contribution in [3.05, 3.63) is 41.0 Å². The Morgan fingerprint density at radius 2 is 2.20 bits per heavy atom. The van der Waals surface area contributed by atoms with Gasteiger partial charge < -0.3 is 5.11 Å². The molecule has 0 spiro atoms. The third kappa shape index (κ3) is 1.75. The van der Waals surface area contributed by atoms with Gasteiger partial charge in [-0.25, -0.2) is 14.8 Å². The third-order valence-corrected chi connectivity index (χ3v) is 2.42. The molecule has 76 valence electrons. The van der Waals surface area contributed by atoms with E-state index in [1.807, 2.05) is 0 Å². The van der Waals surface area contributed by atoms with Gasteiger partial charge in [-0.1, -0.05) is 0 Å². The Hall–Kier alpha value is -1.69. The highest BCUT2D eigenvalue weighted by atomic mass is 79.9. The van der Waals surface area contributed by atoms with Crippen LogP contribution in [0.5, 0.6) is 0 Å². The maximum absolute atomic E-state index is 10.8. The fourth-order valence-corrected chi connectivity index (χ4v) is 1.63. The lowest BCUT2D eigenvalue weighted by Gasteiger charge is -2.05.